The number of carbonyl (C=O) groups excluding carboxylic acids is 1. The van der Waals surface area contributed by atoms with E-state index in [4.69, 9.17) is 4.74 Å². The number of esters is 1. The second-order valence-corrected chi connectivity index (χ2v) is 12.3. The van der Waals surface area contributed by atoms with Gasteiger partial charge in [-0.3, -0.25) is 9.88 Å². The van der Waals surface area contributed by atoms with E-state index in [9.17, 15) is 15.0 Å². The van der Waals surface area contributed by atoms with Crippen molar-refractivity contribution in [2.75, 3.05) is 6.54 Å². The van der Waals surface area contributed by atoms with Gasteiger partial charge in [-0.05, 0) is 54.7 Å². The van der Waals surface area contributed by atoms with Gasteiger partial charge >= 0.3 is 5.97 Å². The predicted octanol–water partition coefficient (Wildman–Crippen LogP) is 2.37. The van der Waals surface area contributed by atoms with Crippen molar-refractivity contribution >= 4 is 5.97 Å². The van der Waals surface area contributed by atoms with E-state index >= 15 is 0 Å². The maximum atomic E-state index is 13.2. The maximum Gasteiger partial charge on any atom is 0.340 e. The lowest BCUT2D eigenvalue weighted by molar-refractivity contribution is -0.271. The topological polar surface area (TPSA) is 82.9 Å². The first-order valence-corrected chi connectivity index (χ1v) is 12.3. The van der Waals surface area contributed by atoms with Gasteiger partial charge in [-0.2, -0.15) is 0 Å². The zero-order valence-corrected chi connectivity index (χ0v) is 18.4. The molecule has 0 aromatic carbocycles. The van der Waals surface area contributed by atoms with Crippen LogP contribution in [0.4, 0.5) is 0 Å². The molecular formula is C26H30N2O4. The molecule has 2 spiro atoms. The van der Waals surface area contributed by atoms with Crippen LogP contribution < -0.4 is 0 Å². The number of piperidine rings is 2. The summed E-state index contributed by atoms with van der Waals surface area (Å²) in [6, 6.07) is 3.80. The molecule has 6 saturated carbocycles. The summed E-state index contributed by atoms with van der Waals surface area (Å²) in [5, 5.41) is 23.8. The van der Waals surface area contributed by atoms with Gasteiger partial charge in [0.15, 0.2) is 0 Å². The molecule has 6 nitrogen and oxygen atoms in total. The van der Waals surface area contributed by atoms with E-state index in [0.29, 0.717) is 17.9 Å². The molecule has 9 fully saturated rings. The van der Waals surface area contributed by atoms with E-state index in [1.54, 1.807) is 24.5 Å². The summed E-state index contributed by atoms with van der Waals surface area (Å²) in [4.78, 5) is 19.7. The second kappa shape index (κ2) is 5.16. The highest BCUT2D eigenvalue weighted by Crippen LogP contribution is 2.89. The van der Waals surface area contributed by atoms with Gasteiger partial charge in [0.2, 0.25) is 0 Å². The van der Waals surface area contributed by atoms with Crippen LogP contribution in [-0.4, -0.2) is 56.6 Å². The molecule has 9 aliphatic rings. The highest BCUT2D eigenvalue weighted by Gasteiger charge is 2.93. The molecule has 2 unspecified atom stereocenters. The molecular weight excluding hydrogens is 404 g/mol. The third-order valence-corrected chi connectivity index (χ3v) is 11.5. The number of hydrogen-bond acceptors (Lipinski definition) is 6. The smallest absolute Gasteiger partial charge is 0.340 e. The molecule has 168 valence electrons. The average Bonchev–Trinajstić information content (AvgIpc) is 3.13. The lowest BCUT2D eigenvalue weighted by Crippen LogP contribution is -2.72. The average molecular weight is 435 g/mol. The Kier molecular flexibility index (Phi) is 3.00. The van der Waals surface area contributed by atoms with Crippen LogP contribution in [0.3, 0.4) is 0 Å². The second-order valence-electron chi connectivity index (χ2n) is 12.3. The molecule has 3 aliphatic heterocycles. The molecule has 2 N–H and O–H groups in total. The van der Waals surface area contributed by atoms with Crippen LogP contribution in [0.2, 0.25) is 0 Å². The molecule has 12 atom stereocenters. The fourth-order valence-corrected chi connectivity index (χ4v) is 11.4. The van der Waals surface area contributed by atoms with Crippen LogP contribution >= 0.6 is 0 Å². The van der Waals surface area contributed by atoms with Gasteiger partial charge in [0.05, 0.1) is 11.7 Å². The molecule has 32 heavy (non-hydrogen) atoms. The molecule has 10 rings (SSSR count). The highest BCUT2D eigenvalue weighted by molar-refractivity contribution is 5.89. The molecule has 6 heteroatoms. The summed E-state index contributed by atoms with van der Waals surface area (Å²) in [5.41, 5.74) is 0.0264. The standard InChI is InChI=1S/C26H30N2O4/c1-13-15-9-16-19-24-7-4-6-23(2)12-28(19)26(31,22(23)24)11-25(16,20(13)29)18(24)17(15)32-21(30)14-5-3-8-27-10-14/h3,5,8,10,15-20,22,29,31H,1,4,6-7,9,11-12H2,2H3/t15-,16-,17+,18+,19?,20-,22-,23+,24+,25-,26+/m1/s1. The van der Waals surface area contributed by atoms with Gasteiger partial charge in [-0.25, -0.2) is 4.79 Å². The Morgan fingerprint density at radius 3 is 2.97 bits per heavy atom. The molecule has 1 aromatic rings. The quantitative estimate of drug-likeness (QED) is 0.549. The zero-order chi connectivity index (χ0) is 21.8. The summed E-state index contributed by atoms with van der Waals surface area (Å²) < 4.78 is 6.37. The van der Waals surface area contributed by atoms with Crippen molar-refractivity contribution in [2.24, 2.45) is 39.9 Å². The molecule has 0 radical (unpaired) electrons. The Hall–Kier alpha value is -1.76. The first-order chi connectivity index (χ1) is 15.3. The number of rotatable bonds is 2. The van der Waals surface area contributed by atoms with Crippen molar-refractivity contribution in [1.29, 1.82) is 0 Å². The molecule has 1 aromatic heterocycles. The van der Waals surface area contributed by atoms with E-state index < -0.39 is 17.2 Å². The maximum absolute atomic E-state index is 13.2. The van der Waals surface area contributed by atoms with Crippen molar-refractivity contribution in [3.63, 3.8) is 0 Å². The molecule has 0 amide bonds. The Morgan fingerprint density at radius 2 is 2.19 bits per heavy atom. The van der Waals surface area contributed by atoms with Crippen LogP contribution in [0.1, 0.15) is 49.4 Å². The zero-order valence-electron chi connectivity index (χ0n) is 18.4. The SMILES string of the molecule is C=C1[C@H]2C[C@@H]3C4N5C[C@]6(C)CCC[C@@]47[C@@H]6[C@@]5(O)C[C@]3([C@@H]1O)[C@H]7[C@H]2OC(=O)c1cccnc1. The fraction of sp³-hybridized carbons (Fsp3) is 0.692. The largest absolute Gasteiger partial charge is 0.458 e. The van der Waals surface area contributed by atoms with Crippen LogP contribution in [0.15, 0.2) is 36.7 Å². The van der Waals surface area contributed by atoms with E-state index in [1.165, 1.54) is 0 Å². The number of fused-ring (bicyclic) bond motifs is 1. The highest BCUT2D eigenvalue weighted by atomic mass is 16.5. The Morgan fingerprint density at radius 1 is 1.34 bits per heavy atom. The predicted molar refractivity (Wildman–Crippen MR) is 114 cm³/mol. The Labute approximate surface area is 187 Å². The van der Waals surface area contributed by atoms with Gasteiger partial charge in [-0.1, -0.05) is 19.9 Å². The van der Waals surface area contributed by atoms with E-state index in [-0.39, 0.29) is 46.7 Å². The summed E-state index contributed by atoms with van der Waals surface area (Å²) in [5.74, 6) is 0.283. The fourth-order valence-electron chi connectivity index (χ4n) is 11.4. The van der Waals surface area contributed by atoms with E-state index in [2.05, 4.69) is 23.4 Å². The van der Waals surface area contributed by atoms with Crippen molar-refractivity contribution in [3.8, 4) is 0 Å². The van der Waals surface area contributed by atoms with Crippen molar-refractivity contribution in [2.45, 2.75) is 63.0 Å². The van der Waals surface area contributed by atoms with Gasteiger partial charge in [0, 0.05) is 53.6 Å². The minimum Gasteiger partial charge on any atom is -0.458 e. The van der Waals surface area contributed by atoms with Gasteiger partial charge < -0.3 is 14.9 Å². The van der Waals surface area contributed by atoms with Crippen LogP contribution in [0.25, 0.3) is 0 Å². The first-order valence-electron chi connectivity index (χ1n) is 12.3. The number of carbonyl (C=O) groups is 1. The number of aliphatic hydroxyl groups is 2. The van der Waals surface area contributed by atoms with Crippen LogP contribution in [0.5, 0.6) is 0 Å². The summed E-state index contributed by atoms with van der Waals surface area (Å²) >= 11 is 0. The minimum absolute atomic E-state index is 0.0116. The van der Waals surface area contributed by atoms with Crippen molar-refractivity contribution < 1.29 is 19.7 Å². The molecule has 3 saturated heterocycles. The van der Waals surface area contributed by atoms with Crippen LogP contribution in [-0.2, 0) is 4.74 Å². The Balaban J connectivity index is 1.31. The monoisotopic (exact) mass is 434 g/mol. The summed E-state index contributed by atoms with van der Waals surface area (Å²) in [6.45, 7) is 7.63. The summed E-state index contributed by atoms with van der Waals surface area (Å²) in [6.07, 6.45) is 7.16. The van der Waals surface area contributed by atoms with Gasteiger partial charge in [-0.15, -0.1) is 0 Å². The van der Waals surface area contributed by atoms with Gasteiger partial charge in [0.1, 0.15) is 11.8 Å². The number of pyridine rings is 1. The number of ether oxygens (including phenoxy) is 1. The lowest BCUT2D eigenvalue weighted by atomic mass is 9.39. The van der Waals surface area contributed by atoms with Gasteiger partial charge in [0.25, 0.3) is 0 Å². The normalized spacial score (nSPS) is 59.7. The number of aliphatic hydroxyl groups excluding tert-OH is 1. The van der Waals surface area contributed by atoms with Crippen molar-refractivity contribution in [1.82, 2.24) is 9.88 Å². The summed E-state index contributed by atoms with van der Waals surface area (Å²) in [7, 11) is 0. The molecule has 9 bridgehead atoms. The number of aromatic nitrogens is 1. The Bertz CT molecular complexity index is 1090. The van der Waals surface area contributed by atoms with E-state index in [1.807, 2.05) is 0 Å². The molecule has 6 aliphatic carbocycles. The third-order valence-electron chi connectivity index (χ3n) is 11.5. The third kappa shape index (κ3) is 1.58. The number of hydrogen-bond donors (Lipinski definition) is 2. The van der Waals surface area contributed by atoms with Crippen LogP contribution in [0, 0.1) is 39.9 Å². The molecule has 4 heterocycles. The van der Waals surface area contributed by atoms with E-state index in [0.717, 1.165) is 37.8 Å². The minimum atomic E-state index is -0.837. The van der Waals surface area contributed by atoms with Crippen molar-refractivity contribution in [3.05, 3.63) is 42.2 Å². The number of nitrogens with zero attached hydrogens (tertiary/aromatic N) is 2. The lowest BCUT2D eigenvalue weighted by Gasteiger charge is -2.67. The first kappa shape index (κ1) is 18.6.